The molecule has 0 unspecified atom stereocenters. The Kier molecular flexibility index (Phi) is 5.53. The summed E-state index contributed by atoms with van der Waals surface area (Å²) in [5, 5.41) is 6.18. The van der Waals surface area contributed by atoms with Gasteiger partial charge in [0.2, 0.25) is 0 Å². The van der Waals surface area contributed by atoms with Gasteiger partial charge in [-0.25, -0.2) is 0 Å². The van der Waals surface area contributed by atoms with Crippen LogP contribution in [-0.4, -0.2) is 30.5 Å². The van der Waals surface area contributed by atoms with Gasteiger partial charge in [-0.05, 0) is 19.1 Å². The number of carbonyl (C=O) groups is 2. The molecule has 27 heavy (non-hydrogen) atoms. The second-order valence-electron chi connectivity index (χ2n) is 5.46. The van der Waals surface area contributed by atoms with Crippen molar-refractivity contribution < 1.29 is 18.7 Å². The van der Waals surface area contributed by atoms with Crippen molar-refractivity contribution in [2.24, 2.45) is 0 Å². The van der Waals surface area contributed by atoms with E-state index in [4.69, 9.17) is 32.4 Å². The molecular weight excluding hydrogens is 393 g/mol. The number of anilines is 1. The van der Waals surface area contributed by atoms with Crippen molar-refractivity contribution in [3.8, 4) is 5.75 Å². The maximum Gasteiger partial charge on any atom is 0.287 e. The van der Waals surface area contributed by atoms with Crippen LogP contribution < -0.4 is 15.4 Å². The number of fused-ring (bicyclic) bond motifs is 1. The van der Waals surface area contributed by atoms with Crippen molar-refractivity contribution >= 4 is 51.7 Å². The van der Waals surface area contributed by atoms with E-state index < -0.39 is 5.91 Å². The number of nitrogens with zero attached hydrogens (tertiary/aromatic N) is 1. The van der Waals surface area contributed by atoms with Crippen LogP contribution >= 0.6 is 23.2 Å². The molecule has 0 saturated heterocycles. The molecular formula is C18H15Cl2N3O4. The van der Waals surface area contributed by atoms with E-state index in [2.05, 4.69) is 15.6 Å². The Morgan fingerprint density at radius 3 is 2.52 bits per heavy atom. The number of pyridine rings is 1. The van der Waals surface area contributed by atoms with Crippen molar-refractivity contribution in [1.29, 1.82) is 0 Å². The van der Waals surface area contributed by atoms with Crippen LogP contribution in [0.1, 0.15) is 27.8 Å². The first-order valence-corrected chi connectivity index (χ1v) is 8.71. The van der Waals surface area contributed by atoms with Gasteiger partial charge < -0.3 is 19.8 Å². The smallest absolute Gasteiger partial charge is 0.287 e. The highest BCUT2D eigenvalue weighted by molar-refractivity contribution is 6.39. The Bertz CT molecular complexity index is 1010. The van der Waals surface area contributed by atoms with Crippen molar-refractivity contribution in [3.05, 3.63) is 52.0 Å². The number of amides is 2. The van der Waals surface area contributed by atoms with Gasteiger partial charge in [-0.3, -0.25) is 14.6 Å². The average Bonchev–Trinajstić information content (AvgIpc) is 3.09. The van der Waals surface area contributed by atoms with E-state index in [1.54, 1.807) is 13.0 Å². The molecule has 2 N–H and O–H groups in total. The van der Waals surface area contributed by atoms with Crippen molar-refractivity contribution in [2.75, 3.05) is 19.0 Å². The van der Waals surface area contributed by atoms with Crippen LogP contribution in [0.4, 0.5) is 5.69 Å². The summed E-state index contributed by atoms with van der Waals surface area (Å²) in [6.45, 7) is 2.24. The van der Waals surface area contributed by atoms with Crippen LogP contribution in [0.5, 0.6) is 5.75 Å². The number of rotatable bonds is 5. The lowest BCUT2D eigenvalue weighted by Gasteiger charge is -2.10. The van der Waals surface area contributed by atoms with E-state index in [-0.39, 0.29) is 38.5 Å². The average molecular weight is 408 g/mol. The third kappa shape index (κ3) is 3.70. The largest absolute Gasteiger partial charge is 0.496 e. The number of nitrogens with one attached hydrogen (secondary N) is 2. The molecule has 0 aliphatic carbocycles. The molecule has 3 rings (SSSR count). The van der Waals surface area contributed by atoms with E-state index in [0.717, 1.165) is 0 Å². The number of ether oxygens (including phenoxy) is 1. The van der Waals surface area contributed by atoms with Gasteiger partial charge in [-0.1, -0.05) is 23.2 Å². The molecule has 2 aromatic heterocycles. The number of furan rings is 1. The van der Waals surface area contributed by atoms with Crippen LogP contribution in [0.2, 0.25) is 10.0 Å². The Morgan fingerprint density at radius 2 is 1.89 bits per heavy atom. The summed E-state index contributed by atoms with van der Waals surface area (Å²) in [6, 6.07) is 4.68. The van der Waals surface area contributed by atoms with Crippen LogP contribution in [0.3, 0.4) is 0 Å². The number of aromatic nitrogens is 1. The summed E-state index contributed by atoms with van der Waals surface area (Å²) in [4.78, 5) is 28.7. The lowest BCUT2D eigenvalue weighted by molar-refractivity contribution is 0.0928. The van der Waals surface area contributed by atoms with Gasteiger partial charge in [0.1, 0.15) is 5.75 Å². The van der Waals surface area contributed by atoms with Crippen molar-refractivity contribution in [2.45, 2.75) is 6.92 Å². The summed E-state index contributed by atoms with van der Waals surface area (Å²) < 4.78 is 10.9. The quantitative estimate of drug-likeness (QED) is 0.662. The zero-order chi connectivity index (χ0) is 19.6. The van der Waals surface area contributed by atoms with Crippen molar-refractivity contribution in [1.82, 2.24) is 10.3 Å². The summed E-state index contributed by atoms with van der Waals surface area (Å²) in [6.07, 6.45) is 2.74. The number of hydrogen-bond donors (Lipinski definition) is 2. The molecule has 0 radical (unpaired) electrons. The Hall–Kier alpha value is -2.77. The molecule has 140 valence electrons. The molecule has 0 saturated carbocycles. The fourth-order valence-corrected chi connectivity index (χ4v) is 2.99. The lowest BCUT2D eigenvalue weighted by atomic mass is 10.1. The molecule has 1 aromatic carbocycles. The molecule has 0 aliphatic rings. The first kappa shape index (κ1) is 19.0. The maximum atomic E-state index is 12.8. The third-order valence-electron chi connectivity index (χ3n) is 3.76. The molecule has 2 amide bonds. The highest BCUT2D eigenvalue weighted by Crippen LogP contribution is 2.33. The Balaban J connectivity index is 2.05. The third-order valence-corrected chi connectivity index (χ3v) is 4.33. The minimum absolute atomic E-state index is 0.0744. The monoisotopic (exact) mass is 407 g/mol. The first-order chi connectivity index (χ1) is 13.0. The predicted octanol–water partition coefficient (Wildman–Crippen LogP) is 4.15. The number of hydrogen-bond acceptors (Lipinski definition) is 5. The molecule has 9 heteroatoms. The molecule has 0 fully saturated rings. The van der Waals surface area contributed by atoms with Crippen molar-refractivity contribution in [3.63, 3.8) is 0 Å². The second kappa shape index (κ2) is 7.85. The van der Waals surface area contributed by atoms with Gasteiger partial charge in [0.05, 0.1) is 33.8 Å². The number of halogens is 2. The predicted molar refractivity (Wildman–Crippen MR) is 103 cm³/mol. The van der Waals surface area contributed by atoms with Crippen LogP contribution in [-0.2, 0) is 0 Å². The Labute approximate surface area is 164 Å². The number of methoxy groups -OCH3 is 1. The second-order valence-corrected chi connectivity index (χ2v) is 6.27. The fraction of sp³-hybridized carbons (Fsp3) is 0.167. The van der Waals surface area contributed by atoms with Gasteiger partial charge in [0.15, 0.2) is 11.3 Å². The fourth-order valence-electron chi connectivity index (χ4n) is 2.53. The minimum Gasteiger partial charge on any atom is -0.496 e. The first-order valence-electron chi connectivity index (χ1n) is 7.95. The zero-order valence-electron chi connectivity index (χ0n) is 14.4. The summed E-state index contributed by atoms with van der Waals surface area (Å²) >= 11 is 12.1. The maximum absolute atomic E-state index is 12.8. The van der Waals surface area contributed by atoms with Crippen LogP contribution in [0.15, 0.2) is 35.0 Å². The molecule has 3 aromatic rings. The van der Waals surface area contributed by atoms with Gasteiger partial charge in [-0.15, -0.1) is 0 Å². The topological polar surface area (TPSA) is 93.5 Å². The van der Waals surface area contributed by atoms with E-state index >= 15 is 0 Å². The molecule has 0 atom stereocenters. The normalized spacial score (nSPS) is 10.7. The Morgan fingerprint density at radius 1 is 1.19 bits per heavy atom. The highest BCUT2D eigenvalue weighted by atomic mass is 35.5. The van der Waals surface area contributed by atoms with Gasteiger partial charge in [0.25, 0.3) is 11.8 Å². The van der Waals surface area contributed by atoms with E-state index in [1.807, 2.05) is 0 Å². The highest BCUT2D eigenvalue weighted by Gasteiger charge is 2.21. The zero-order valence-corrected chi connectivity index (χ0v) is 15.9. The van der Waals surface area contributed by atoms with E-state index in [0.29, 0.717) is 17.7 Å². The summed E-state index contributed by atoms with van der Waals surface area (Å²) in [5.74, 6) is -0.344. The lowest BCUT2D eigenvalue weighted by Crippen LogP contribution is -2.21. The number of benzene rings is 1. The van der Waals surface area contributed by atoms with Gasteiger partial charge >= 0.3 is 0 Å². The standard InChI is InChI=1S/C18H15Cl2N3O4/c1-3-22-18(25)14-6-10-13(26-2)5-4-9(16(10)27-14)17(24)23-15-11(19)7-21-8-12(15)20/h4-8H,3H2,1-2H3,(H,22,25)(H,21,23,24). The summed E-state index contributed by atoms with van der Waals surface area (Å²) in [5.41, 5.74) is 0.650. The SMILES string of the molecule is CCNC(=O)c1cc2c(OC)ccc(C(=O)Nc3c(Cl)cncc3Cl)c2o1. The summed E-state index contributed by atoms with van der Waals surface area (Å²) in [7, 11) is 1.49. The molecule has 0 spiro atoms. The number of carbonyl (C=O) groups excluding carboxylic acids is 2. The molecule has 0 bridgehead atoms. The van der Waals surface area contributed by atoms with Gasteiger partial charge in [-0.2, -0.15) is 0 Å². The van der Waals surface area contributed by atoms with Gasteiger partial charge in [0, 0.05) is 25.0 Å². The van der Waals surface area contributed by atoms with Crippen LogP contribution in [0.25, 0.3) is 11.0 Å². The molecule has 7 nitrogen and oxygen atoms in total. The molecule has 0 aliphatic heterocycles. The van der Waals surface area contributed by atoms with Crippen LogP contribution in [0, 0.1) is 0 Å². The molecule has 2 heterocycles. The van der Waals surface area contributed by atoms with E-state index in [9.17, 15) is 9.59 Å². The minimum atomic E-state index is -0.505. The van der Waals surface area contributed by atoms with E-state index in [1.165, 1.54) is 31.6 Å².